The van der Waals surface area contributed by atoms with Crippen LogP contribution in [0, 0.1) is 13.8 Å². The maximum Gasteiger partial charge on any atom is 0.212 e. The van der Waals surface area contributed by atoms with Crippen LogP contribution in [0.2, 0.25) is 0 Å². The third-order valence-corrected chi connectivity index (χ3v) is 6.50. The summed E-state index contributed by atoms with van der Waals surface area (Å²) in [5.41, 5.74) is 5.20. The van der Waals surface area contributed by atoms with Gasteiger partial charge in [0, 0.05) is 31.4 Å². The molecule has 0 radical (unpaired) electrons. The number of likely N-dealkylation sites (tertiary alicyclic amines) is 1. The van der Waals surface area contributed by atoms with Gasteiger partial charge in [-0.25, -0.2) is 14.5 Å². The van der Waals surface area contributed by atoms with E-state index in [-0.39, 0.29) is 0 Å². The molecule has 0 aromatic carbocycles. The fourth-order valence-corrected chi connectivity index (χ4v) is 5.18. The van der Waals surface area contributed by atoms with Crippen molar-refractivity contribution < 1.29 is 0 Å². The van der Waals surface area contributed by atoms with E-state index in [0.29, 0.717) is 6.04 Å². The third-order valence-electron chi connectivity index (χ3n) is 5.67. The first-order chi connectivity index (χ1) is 12.2. The quantitative estimate of drug-likeness (QED) is 0.724. The number of hydrogen-bond donors (Lipinski definition) is 0. The first kappa shape index (κ1) is 15.5. The Morgan fingerprint density at radius 1 is 1.24 bits per heavy atom. The Balaban J connectivity index is 1.35. The maximum atomic E-state index is 4.68. The van der Waals surface area contributed by atoms with Crippen molar-refractivity contribution in [3.8, 4) is 0 Å². The lowest BCUT2D eigenvalue weighted by Crippen LogP contribution is -2.23. The topological polar surface area (TPSA) is 51.2 Å². The lowest BCUT2D eigenvalue weighted by atomic mass is 10.0. The first-order valence-corrected chi connectivity index (χ1v) is 10.1. The SMILES string of the molecule is Cc1nn2c(CN3CCC(n4cnc5c4CCCC5)C3)c(C)nc2s1. The van der Waals surface area contributed by atoms with Crippen molar-refractivity contribution >= 4 is 16.3 Å². The average Bonchev–Trinajstić information content (AvgIpc) is 3.33. The zero-order chi connectivity index (χ0) is 17.0. The Hall–Kier alpha value is -1.73. The number of fused-ring (bicyclic) bond motifs is 2. The molecule has 3 aromatic rings. The van der Waals surface area contributed by atoms with Crippen LogP contribution in [0.1, 0.15) is 53.1 Å². The first-order valence-electron chi connectivity index (χ1n) is 9.27. The number of imidazole rings is 2. The summed E-state index contributed by atoms with van der Waals surface area (Å²) in [6.07, 6.45) is 8.27. The minimum absolute atomic E-state index is 0.565. The van der Waals surface area contributed by atoms with Gasteiger partial charge in [0.2, 0.25) is 4.96 Å². The largest absolute Gasteiger partial charge is 0.330 e. The number of aromatic nitrogens is 5. The second-order valence-electron chi connectivity index (χ2n) is 7.39. The van der Waals surface area contributed by atoms with Crippen LogP contribution >= 0.6 is 11.3 Å². The van der Waals surface area contributed by atoms with Gasteiger partial charge in [-0.2, -0.15) is 5.10 Å². The van der Waals surface area contributed by atoms with Gasteiger partial charge in [-0.15, -0.1) is 0 Å². The van der Waals surface area contributed by atoms with Gasteiger partial charge in [0.15, 0.2) is 0 Å². The fourth-order valence-electron chi connectivity index (χ4n) is 4.37. The van der Waals surface area contributed by atoms with Crippen molar-refractivity contribution in [3.05, 3.63) is 34.1 Å². The highest BCUT2D eigenvalue weighted by Gasteiger charge is 2.28. The molecule has 0 N–H and O–H groups in total. The van der Waals surface area contributed by atoms with Crippen molar-refractivity contribution in [2.45, 2.75) is 58.5 Å². The molecular weight excluding hydrogens is 332 g/mol. The lowest BCUT2D eigenvalue weighted by molar-refractivity contribution is 0.308. The van der Waals surface area contributed by atoms with Crippen molar-refractivity contribution in [1.29, 1.82) is 0 Å². The normalized spacial score (nSPS) is 21.3. The molecular formula is C18H24N6S. The van der Waals surface area contributed by atoms with Gasteiger partial charge in [-0.3, -0.25) is 4.90 Å². The van der Waals surface area contributed by atoms with Gasteiger partial charge in [-0.1, -0.05) is 11.3 Å². The van der Waals surface area contributed by atoms with Gasteiger partial charge >= 0.3 is 0 Å². The van der Waals surface area contributed by atoms with E-state index in [1.165, 1.54) is 42.8 Å². The van der Waals surface area contributed by atoms with Gasteiger partial charge in [0.1, 0.15) is 5.01 Å². The smallest absolute Gasteiger partial charge is 0.212 e. The Kier molecular flexibility index (Phi) is 3.67. The third kappa shape index (κ3) is 2.60. The van der Waals surface area contributed by atoms with Crippen LogP contribution < -0.4 is 0 Å². The predicted molar refractivity (Wildman–Crippen MR) is 98.1 cm³/mol. The second-order valence-corrected chi connectivity index (χ2v) is 8.55. The van der Waals surface area contributed by atoms with E-state index in [0.717, 1.165) is 41.7 Å². The van der Waals surface area contributed by atoms with Crippen LogP contribution in [-0.2, 0) is 19.4 Å². The van der Waals surface area contributed by atoms with E-state index in [1.54, 1.807) is 11.3 Å². The molecule has 5 rings (SSSR count). The Bertz CT molecular complexity index is 920. The minimum atomic E-state index is 0.565. The summed E-state index contributed by atoms with van der Waals surface area (Å²) >= 11 is 1.67. The molecule has 1 saturated heterocycles. The van der Waals surface area contributed by atoms with Crippen molar-refractivity contribution in [1.82, 2.24) is 29.0 Å². The molecule has 1 fully saturated rings. The molecule has 25 heavy (non-hydrogen) atoms. The molecule has 1 aliphatic carbocycles. The van der Waals surface area contributed by atoms with E-state index in [4.69, 9.17) is 0 Å². The monoisotopic (exact) mass is 356 g/mol. The van der Waals surface area contributed by atoms with E-state index < -0.39 is 0 Å². The van der Waals surface area contributed by atoms with E-state index in [2.05, 4.69) is 37.8 Å². The number of aryl methyl sites for hydroxylation is 3. The van der Waals surface area contributed by atoms with Crippen LogP contribution in [0.5, 0.6) is 0 Å². The summed E-state index contributed by atoms with van der Waals surface area (Å²) in [6, 6.07) is 0.565. The molecule has 1 atom stereocenters. The molecule has 7 heteroatoms. The second kappa shape index (κ2) is 5.92. The van der Waals surface area contributed by atoms with Crippen molar-refractivity contribution in [2.75, 3.05) is 13.1 Å². The van der Waals surface area contributed by atoms with E-state index in [1.807, 2.05) is 11.4 Å². The van der Waals surface area contributed by atoms with Crippen LogP contribution in [0.25, 0.3) is 4.96 Å². The fraction of sp³-hybridized carbons (Fsp3) is 0.611. The molecule has 1 aliphatic heterocycles. The lowest BCUT2D eigenvalue weighted by Gasteiger charge is -2.20. The summed E-state index contributed by atoms with van der Waals surface area (Å²) in [7, 11) is 0. The molecule has 132 valence electrons. The highest BCUT2D eigenvalue weighted by atomic mass is 32.1. The molecule has 2 aliphatic rings. The van der Waals surface area contributed by atoms with E-state index in [9.17, 15) is 0 Å². The molecule has 0 saturated carbocycles. The summed E-state index contributed by atoms with van der Waals surface area (Å²) in [5.74, 6) is 0. The van der Waals surface area contributed by atoms with Gasteiger partial charge in [0.25, 0.3) is 0 Å². The molecule has 6 nitrogen and oxygen atoms in total. The van der Waals surface area contributed by atoms with Crippen molar-refractivity contribution in [3.63, 3.8) is 0 Å². The molecule has 0 bridgehead atoms. The van der Waals surface area contributed by atoms with Crippen LogP contribution in [0.15, 0.2) is 6.33 Å². The molecule has 1 unspecified atom stereocenters. The molecule has 0 spiro atoms. The van der Waals surface area contributed by atoms with Gasteiger partial charge in [0.05, 0.1) is 23.4 Å². The average molecular weight is 356 g/mol. The maximum absolute atomic E-state index is 4.68. The number of rotatable bonds is 3. The predicted octanol–water partition coefficient (Wildman–Crippen LogP) is 2.93. The Labute approximate surface area is 151 Å². The van der Waals surface area contributed by atoms with Crippen LogP contribution in [0.4, 0.5) is 0 Å². The van der Waals surface area contributed by atoms with Gasteiger partial charge < -0.3 is 4.57 Å². The molecule has 4 heterocycles. The van der Waals surface area contributed by atoms with E-state index >= 15 is 0 Å². The molecule has 0 amide bonds. The Morgan fingerprint density at radius 3 is 3.04 bits per heavy atom. The minimum Gasteiger partial charge on any atom is -0.330 e. The number of hydrogen-bond acceptors (Lipinski definition) is 5. The highest BCUT2D eigenvalue weighted by Crippen LogP contribution is 2.29. The molecule has 3 aromatic heterocycles. The zero-order valence-electron chi connectivity index (χ0n) is 14.9. The summed E-state index contributed by atoms with van der Waals surface area (Å²) in [6.45, 7) is 7.31. The highest BCUT2D eigenvalue weighted by molar-refractivity contribution is 7.16. The number of nitrogens with zero attached hydrogens (tertiary/aromatic N) is 6. The zero-order valence-corrected chi connectivity index (χ0v) is 15.7. The van der Waals surface area contributed by atoms with Crippen LogP contribution in [0.3, 0.4) is 0 Å². The standard InChI is InChI=1S/C18H24N6S/c1-12-17(24-18(20-12)25-13(2)21-24)10-22-8-7-14(9-22)23-11-19-15-5-3-4-6-16(15)23/h11,14H,3-10H2,1-2H3. The summed E-state index contributed by atoms with van der Waals surface area (Å²) in [4.78, 5) is 12.9. The van der Waals surface area contributed by atoms with Crippen molar-refractivity contribution in [2.24, 2.45) is 0 Å². The van der Waals surface area contributed by atoms with Gasteiger partial charge in [-0.05, 0) is 46.0 Å². The van der Waals surface area contributed by atoms with Crippen LogP contribution in [-0.4, -0.2) is 42.1 Å². The summed E-state index contributed by atoms with van der Waals surface area (Å²) in [5, 5.41) is 5.71. The Morgan fingerprint density at radius 2 is 2.12 bits per heavy atom. The summed E-state index contributed by atoms with van der Waals surface area (Å²) < 4.78 is 4.52.